The van der Waals surface area contributed by atoms with Crippen molar-refractivity contribution in [2.24, 2.45) is 0 Å². The highest BCUT2D eigenvalue weighted by Crippen LogP contribution is 2.01. The Morgan fingerprint density at radius 1 is 1.58 bits per heavy atom. The molecule has 0 spiro atoms. The van der Waals surface area contributed by atoms with E-state index < -0.39 is 10.0 Å². The van der Waals surface area contributed by atoms with Crippen LogP contribution in [-0.4, -0.2) is 30.8 Å². The van der Waals surface area contributed by atoms with E-state index in [1.807, 2.05) is 6.92 Å². The first-order valence-electron chi connectivity index (χ1n) is 3.72. The minimum Gasteiger partial charge on any atom is -0.396 e. The van der Waals surface area contributed by atoms with E-state index in [0.717, 1.165) is 0 Å². The van der Waals surface area contributed by atoms with Gasteiger partial charge >= 0.3 is 0 Å². The summed E-state index contributed by atoms with van der Waals surface area (Å²) in [7, 11) is -3.20. The third kappa shape index (κ3) is 5.08. The van der Waals surface area contributed by atoms with Crippen LogP contribution in [0.25, 0.3) is 0 Å². The van der Waals surface area contributed by atoms with Crippen molar-refractivity contribution in [1.29, 1.82) is 0 Å². The molecule has 0 heterocycles. The van der Waals surface area contributed by atoms with Crippen LogP contribution in [0.15, 0.2) is 0 Å². The van der Waals surface area contributed by atoms with E-state index in [1.54, 1.807) is 0 Å². The van der Waals surface area contributed by atoms with Crippen molar-refractivity contribution < 1.29 is 13.5 Å². The van der Waals surface area contributed by atoms with Gasteiger partial charge in [-0.25, -0.2) is 13.1 Å². The van der Waals surface area contributed by atoms with Crippen molar-refractivity contribution in [2.75, 3.05) is 11.3 Å². The van der Waals surface area contributed by atoms with Crippen molar-refractivity contribution >= 4 is 26.0 Å². The van der Waals surface area contributed by atoms with Gasteiger partial charge in [0.2, 0.25) is 10.0 Å². The van der Waals surface area contributed by atoms with Crippen LogP contribution in [0.1, 0.15) is 19.8 Å². The predicted octanol–water partition coefficient (Wildman–Crippen LogP) is 0.419. The number of aliphatic hydroxyl groups is 1. The third-order valence-electron chi connectivity index (χ3n) is 1.46. The first-order chi connectivity index (χ1) is 5.55. The van der Waals surface area contributed by atoms with Crippen LogP contribution >= 0.6 is 15.9 Å². The molecule has 4 nitrogen and oxygen atoms in total. The van der Waals surface area contributed by atoms with E-state index >= 15 is 0 Å². The second-order valence-corrected chi connectivity index (χ2v) is 5.52. The molecule has 0 aromatic heterocycles. The Morgan fingerprint density at radius 2 is 2.17 bits per heavy atom. The van der Waals surface area contributed by atoms with Crippen LogP contribution in [0, 0.1) is 0 Å². The highest BCUT2D eigenvalue weighted by Gasteiger charge is 2.13. The molecule has 0 aliphatic heterocycles. The van der Waals surface area contributed by atoms with Crippen LogP contribution in [0.4, 0.5) is 0 Å². The fraction of sp³-hybridized carbons (Fsp3) is 1.00. The lowest BCUT2D eigenvalue weighted by atomic mass is 10.2. The molecular formula is C6H14BrNO3S. The Labute approximate surface area is 81.5 Å². The summed E-state index contributed by atoms with van der Waals surface area (Å²) in [6, 6.07) is -0.155. The monoisotopic (exact) mass is 259 g/mol. The summed E-state index contributed by atoms with van der Waals surface area (Å²) in [5, 5.41) is 8.59. The van der Waals surface area contributed by atoms with Gasteiger partial charge < -0.3 is 5.11 Å². The van der Waals surface area contributed by atoms with Crippen LogP contribution in [-0.2, 0) is 10.0 Å². The number of hydrogen-bond donors (Lipinski definition) is 2. The van der Waals surface area contributed by atoms with Gasteiger partial charge in [0.25, 0.3) is 0 Å². The summed E-state index contributed by atoms with van der Waals surface area (Å²) in [6.45, 7) is 1.88. The average molecular weight is 260 g/mol. The van der Waals surface area contributed by atoms with Crippen molar-refractivity contribution in [3.63, 3.8) is 0 Å². The van der Waals surface area contributed by atoms with E-state index in [0.29, 0.717) is 12.8 Å². The Balaban J connectivity index is 4.02. The number of rotatable bonds is 6. The molecule has 12 heavy (non-hydrogen) atoms. The maximum absolute atomic E-state index is 11.0. The fourth-order valence-corrected chi connectivity index (χ4v) is 2.04. The molecule has 0 aromatic rings. The molecule has 0 radical (unpaired) electrons. The Hall–Kier alpha value is 0.350. The van der Waals surface area contributed by atoms with Gasteiger partial charge in [0.05, 0.1) is 0 Å². The van der Waals surface area contributed by atoms with Gasteiger partial charge in [0, 0.05) is 12.6 Å². The topological polar surface area (TPSA) is 66.4 Å². The molecule has 1 atom stereocenters. The maximum atomic E-state index is 11.0. The Kier molecular flexibility index (Phi) is 6.08. The zero-order valence-corrected chi connectivity index (χ0v) is 9.36. The second kappa shape index (κ2) is 5.90. The summed E-state index contributed by atoms with van der Waals surface area (Å²) >= 11 is 2.87. The van der Waals surface area contributed by atoms with Crippen LogP contribution in [0.5, 0.6) is 0 Å². The largest absolute Gasteiger partial charge is 0.396 e. The number of alkyl halides is 1. The molecular weight excluding hydrogens is 246 g/mol. The molecule has 0 rings (SSSR count). The van der Waals surface area contributed by atoms with E-state index in [4.69, 9.17) is 5.11 Å². The Morgan fingerprint density at radius 3 is 2.50 bits per heavy atom. The number of halogens is 1. The van der Waals surface area contributed by atoms with Gasteiger partial charge in [-0.2, -0.15) is 0 Å². The zero-order chi connectivity index (χ0) is 9.61. The highest BCUT2D eigenvalue weighted by molar-refractivity contribution is 9.10. The standard InChI is InChI=1S/C6H14BrNO3S/c1-2-6(3-4-9)8-12(10,11)5-7/h6,8-9H,2-5H2,1H3. The quantitative estimate of drug-likeness (QED) is 0.680. The van der Waals surface area contributed by atoms with Crippen molar-refractivity contribution in [2.45, 2.75) is 25.8 Å². The first kappa shape index (κ1) is 12.3. The average Bonchev–Trinajstić information content (AvgIpc) is 2.03. The lowest BCUT2D eigenvalue weighted by molar-refractivity contribution is 0.270. The highest BCUT2D eigenvalue weighted by atomic mass is 79.9. The van der Waals surface area contributed by atoms with Gasteiger partial charge in [-0.05, 0) is 12.8 Å². The van der Waals surface area contributed by atoms with Gasteiger partial charge in [-0.3, -0.25) is 0 Å². The van der Waals surface area contributed by atoms with E-state index in [1.165, 1.54) is 0 Å². The number of aliphatic hydroxyl groups excluding tert-OH is 1. The molecule has 0 fully saturated rings. The molecule has 0 aliphatic carbocycles. The second-order valence-electron chi connectivity index (χ2n) is 2.46. The lowest BCUT2D eigenvalue weighted by Crippen LogP contribution is -2.35. The summed E-state index contributed by atoms with van der Waals surface area (Å²) in [6.07, 6.45) is 1.15. The SMILES string of the molecule is CCC(CCO)NS(=O)(=O)CBr. The summed E-state index contributed by atoms with van der Waals surface area (Å²) in [4.78, 5) is 0. The van der Waals surface area contributed by atoms with Crippen molar-refractivity contribution in [3.8, 4) is 0 Å². The normalized spacial score (nSPS) is 14.6. The number of nitrogens with one attached hydrogen (secondary N) is 1. The van der Waals surface area contributed by atoms with Crippen LogP contribution in [0.2, 0.25) is 0 Å². The van der Waals surface area contributed by atoms with Crippen LogP contribution < -0.4 is 4.72 Å². The molecule has 0 bridgehead atoms. The summed E-state index contributed by atoms with van der Waals surface area (Å²) in [5.74, 6) is 0. The van der Waals surface area contributed by atoms with Crippen molar-refractivity contribution in [1.82, 2.24) is 4.72 Å². The van der Waals surface area contributed by atoms with E-state index in [2.05, 4.69) is 20.7 Å². The summed E-state index contributed by atoms with van der Waals surface area (Å²) < 4.78 is 24.4. The Bertz CT molecular complexity index is 205. The maximum Gasteiger partial charge on any atom is 0.221 e. The van der Waals surface area contributed by atoms with Gasteiger partial charge in [0.1, 0.15) is 4.66 Å². The minimum atomic E-state index is -3.20. The third-order valence-corrected chi connectivity index (χ3v) is 4.25. The van der Waals surface area contributed by atoms with E-state index in [9.17, 15) is 8.42 Å². The molecule has 0 saturated carbocycles. The fourth-order valence-electron chi connectivity index (χ4n) is 0.788. The molecule has 0 saturated heterocycles. The lowest BCUT2D eigenvalue weighted by Gasteiger charge is -2.14. The van der Waals surface area contributed by atoms with Gasteiger partial charge in [-0.15, -0.1) is 0 Å². The number of sulfonamides is 1. The smallest absolute Gasteiger partial charge is 0.221 e. The van der Waals surface area contributed by atoms with Crippen LogP contribution in [0.3, 0.4) is 0 Å². The van der Waals surface area contributed by atoms with Crippen molar-refractivity contribution in [3.05, 3.63) is 0 Å². The minimum absolute atomic E-state index is 0.00329. The number of hydrogen-bond acceptors (Lipinski definition) is 3. The molecule has 1 unspecified atom stereocenters. The molecule has 0 amide bonds. The molecule has 6 heteroatoms. The first-order valence-corrected chi connectivity index (χ1v) is 6.50. The predicted molar refractivity (Wildman–Crippen MR) is 51.6 cm³/mol. The van der Waals surface area contributed by atoms with E-state index in [-0.39, 0.29) is 17.3 Å². The molecule has 74 valence electrons. The molecule has 0 aromatic carbocycles. The zero-order valence-electron chi connectivity index (χ0n) is 6.96. The van der Waals surface area contributed by atoms with Gasteiger partial charge in [-0.1, -0.05) is 22.9 Å². The molecule has 2 N–H and O–H groups in total. The summed E-state index contributed by atoms with van der Waals surface area (Å²) in [5.41, 5.74) is 0. The van der Waals surface area contributed by atoms with Gasteiger partial charge in [0.15, 0.2) is 0 Å². The molecule has 0 aliphatic rings.